The first-order chi connectivity index (χ1) is 10.2. The van der Waals surface area contributed by atoms with Crippen LogP contribution in [0.4, 0.5) is 4.79 Å². The molecular weight excluding hydrogens is 264 g/mol. The van der Waals surface area contributed by atoms with Gasteiger partial charge in [0.1, 0.15) is 5.75 Å². The van der Waals surface area contributed by atoms with Crippen LogP contribution in [0.5, 0.6) is 5.75 Å². The molecule has 0 bridgehead atoms. The van der Waals surface area contributed by atoms with Gasteiger partial charge in [0.05, 0.1) is 0 Å². The van der Waals surface area contributed by atoms with E-state index >= 15 is 0 Å². The van der Waals surface area contributed by atoms with E-state index in [-0.39, 0.29) is 0 Å². The Labute approximate surface area is 122 Å². The van der Waals surface area contributed by atoms with Gasteiger partial charge in [0.25, 0.3) is 0 Å². The van der Waals surface area contributed by atoms with Gasteiger partial charge in [-0.05, 0) is 10.9 Å². The predicted octanol–water partition coefficient (Wildman–Crippen LogP) is 4.49. The molecule has 0 spiro atoms. The molecule has 0 aliphatic rings. The highest BCUT2D eigenvalue weighted by atomic mass is 16.7. The van der Waals surface area contributed by atoms with Crippen LogP contribution in [-0.4, -0.2) is 11.3 Å². The van der Waals surface area contributed by atoms with Crippen LogP contribution in [0, 0.1) is 0 Å². The first kappa shape index (κ1) is 13.2. The Morgan fingerprint density at radius 1 is 0.905 bits per heavy atom. The average Bonchev–Trinajstić information content (AvgIpc) is 2.50. The summed E-state index contributed by atoms with van der Waals surface area (Å²) in [5, 5.41) is 10.8. The van der Waals surface area contributed by atoms with Crippen LogP contribution in [0.15, 0.2) is 66.7 Å². The lowest BCUT2D eigenvalue weighted by atomic mass is 10.00. The Balaban J connectivity index is 2.10. The Hall–Kier alpha value is -2.81. The molecule has 0 saturated carbocycles. The summed E-state index contributed by atoms with van der Waals surface area (Å²) in [5.74, 6) is 0.421. The molecule has 21 heavy (non-hydrogen) atoms. The topological polar surface area (TPSA) is 46.5 Å². The lowest BCUT2D eigenvalue weighted by Crippen LogP contribution is -2.06. The highest BCUT2D eigenvalue weighted by Gasteiger charge is 2.12. The Morgan fingerprint density at radius 3 is 2.38 bits per heavy atom. The molecule has 104 valence electrons. The molecule has 3 aromatic carbocycles. The molecule has 0 atom stereocenters. The van der Waals surface area contributed by atoms with Crippen molar-refractivity contribution in [2.24, 2.45) is 0 Å². The fraction of sp³-hybridized carbons (Fsp3) is 0.0556. The second-order valence-electron chi connectivity index (χ2n) is 4.81. The van der Waals surface area contributed by atoms with E-state index in [1.807, 2.05) is 66.7 Å². The van der Waals surface area contributed by atoms with E-state index in [1.54, 1.807) is 0 Å². The number of carbonyl (C=O) groups is 1. The Bertz CT molecular complexity index is 779. The molecule has 0 aliphatic heterocycles. The van der Waals surface area contributed by atoms with Crippen molar-refractivity contribution in [1.29, 1.82) is 0 Å². The minimum Gasteiger partial charge on any atom is -0.449 e. The van der Waals surface area contributed by atoms with E-state index in [4.69, 9.17) is 9.84 Å². The number of rotatable bonds is 3. The molecule has 3 nitrogen and oxygen atoms in total. The van der Waals surface area contributed by atoms with E-state index < -0.39 is 6.16 Å². The first-order valence-electron chi connectivity index (χ1n) is 6.69. The molecule has 3 rings (SSSR count). The van der Waals surface area contributed by atoms with Crippen LogP contribution in [0.25, 0.3) is 10.8 Å². The number of hydrogen-bond acceptors (Lipinski definition) is 2. The first-order valence-corrected chi connectivity index (χ1v) is 6.69. The fourth-order valence-corrected chi connectivity index (χ4v) is 2.45. The summed E-state index contributed by atoms with van der Waals surface area (Å²) in [4.78, 5) is 11.0. The number of carboxylic acid groups (broad SMARTS) is 1. The highest BCUT2D eigenvalue weighted by Crippen LogP contribution is 2.31. The lowest BCUT2D eigenvalue weighted by molar-refractivity contribution is 0.144. The molecule has 0 aliphatic carbocycles. The minimum atomic E-state index is -1.29. The number of benzene rings is 3. The van der Waals surface area contributed by atoms with Crippen molar-refractivity contribution in [3.05, 3.63) is 77.9 Å². The van der Waals surface area contributed by atoms with Crippen LogP contribution in [0.3, 0.4) is 0 Å². The van der Waals surface area contributed by atoms with Gasteiger partial charge < -0.3 is 9.84 Å². The SMILES string of the molecule is O=C(O)Oc1c(Cc2ccccc2)ccc2ccccc12. The molecule has 0 unspecified atom stereocenters. The summed E-state index contributed by atoms with van der Waals surface area (Å²) in [6.45, 7) is 0. The van der Waals surface area contributed by atoms with E-state index in [1.165, 1.54) is 0 Å². The molecule has 3 aromatic rings. The van der Waals surface area contributed by atoms with E-state index in [0.29, 0.717) is 12.2 Å². The van der Waals surface area contributed by atoms with E-state index in [0.717, 1.165) is 21.9 Å². The maximum absolute atomic E-state index is 11.0. The summed E-state index contributed by atoms with van der Waals surface area (Å²) >= 11 is 0. The second kappa shape index (κ2) is 5.67. The van der Waals surface area contributed by atoms with Crippen molar-refractivity contribution < 1.29 is 14.6 Å². The van der Waals surface area contributed by atoms with Crippen molar-refractivity contribution in [3.63, 3.8) is 0 Å². The van der Waals surface area contributed by atoms with Gasteiger partial charge in [-0.3, -0.25) is 0 Å². The highest BCUT2D eigenvalue weighted by molar-refractivity contribution is 5.91. The molecule has 0 amide bonds. The largest absolute Gasteiger partial charge is 0.511 e. The summed E-state index contributed by atoms with van der Waals surface area (Å²) in [6.07, 6.45) is -0.658. The maximum atomic E-state index is 11.0. The standard InChI is InChI=1S/C18H14O3/c19-18(20)21-17-15(12-13-6-2-1-3-7-13)11-10-14-8-4-5-9-16(14)17/h1-11H,12H2,(H,19,20). The summed E-state index contributed by atoms with van der Waals surface area (Å²) < 4.78 is 5.05. The van der Waals surface area contributed by atoms with Gasteiger partial charge >= 0.3 is 6.16 Å². The van der Waals surface area contributed by atoms with E-state index in [2.05, 4.69) is 0 Å². The number of fused-ring (bicyclic) bond motifs is 1. The zero-order chi connectivity index (χ0) is 14.7. The molecule has 0 radical (unpaired) electrons. The van der Waals surface area contributed by atoms with Crippen molar-refractivity contribution in [2.45, 2.75) is 6.42 Å². The molecule has 0 aromatic heterocycles. The monoisotopic (exact) mass is 278 g/mol. The van der Waals surface area contributed by atoms with Crippen molar-refractivity contribution in [2.75, 3.05) is 0 Å². The molecular formula is C18H14O3. The Kier molecular flexibility index (Phi) is 3.56. The quantitative estimate of drug-likeness (QED) is 0.567. The average molecular weight is 278 g/mol. The maximum Gasteiger partial charge on any atom is 0.511 e. The van der Waals surface area contributed by atoms with Crippen molar-refractivity contribution in [3.8, 4) is 5.75 Å². The van der Waals surface area contributed by atoms with Crippen molar-refractivity contribution in [1.82, 2.24) is 0 Å². The molecule has 0 fully saturated rings. The van der Waals surface area contributed by atoms with Gasteiger partial charge in [-0.25, -0.2) is 4.79 Å². The minimum absolute atomic E-state index is 0.421. The van der Waals surface area contributed by atoms with Gasteiger partial charge in [-0.15, -0.1) is 0 Å². The van der Waals surface area contributed by atoms with Crippen molar-refractivity contribution >= 4 is 16.9 Å². The fourth-order valence-electron chi connectivity index (χ4n) is 2.45. The molecule has 0 heterocycles. The van der Waals surface area contributed by atoms with Gasteiger partial charge in [0.2, 0.25) is 0 Å². The normalized spacial score (nSPS) is 10.5. The van der Waals surface area contributed by atoms with Crippen LogP contribution in [0.2, 0.25) is 0 Å². The van der Waals surface area contributed by atoms with Gasteiger partial charge in [0, 0.05) is 17.4 Å². The van der Waals surface area contributed by atoms with Crippen LogP contribution in [-0.2, 0) is 6.42 Å². The number of ether oxygens (including phenoxy) is 1. The summed E-state index contributed by atoms with van der Waals surface area (Å²) in [5.41, 5.74) is 1.98. The molecule has 0 saturated heterocycles. The second-order valence-corrected chi connectivity index (χ2v) is 4.81. The van der Waals surface area contributed by atoms with Crippen LogP contribution in [0.1, 0.15) is 11.1 Å². The van der Waals surface area contributed by atoms with Crippen LogP contribution < -0.4 is 4.74 Å². The molecule has 3 heteroatoms. The Morgan fingerprint density at radius 2 is 1.62 bits per heavy atom. The van der Waals surface area contributed by atoms with Gasteiger partial charge in [0.15, 0.2) is 0 Å². The van der Waals surface area contributed by atoms with Gasteiger partial charge in [-0.1, -0.05) is 66.7 Å². The zero-order valence-electron chi connectivity index (χ0n) is 11.3. The van der Waals surface area contributed by atoms with Crippen LogP contribution >= 0.6 is 0 Å². The lowest BCUT2D eigenvalue weighted by Gasteiger charge is -2.11. The smallest absolute Gasteiger partial charge is 0.449 e. The zero-order valence-corrected chi connectivity index (χ0v) is 11.3. The predicted molar refractivity (Wildman–Crippen MR) is 81.8 cm³/mol. The third-order valence-electron chi connectivity index (χ3n) is 3.39. The summed E-state index contributed by atoms with van der Waals surface area (Å²) in [6, 6.07) is 21.4. The number of hydrogen-bond donors (Lipinski definition) is 1. The summed E-state index contributed by atoms with van der Waals surface area (Å²) in [7, 11) is 0. The molecule has 1 N–H and O–H groups in total. The third-order valence-corrected chi connectivity index (χ3v) is 3.39. The van der Waals surface area contributed by atoms with E-state index in [9.17, 15) is 4.79 Å². The third kappa shape index (κ3) is 2.87. The van der Waals surface area contributed by atoms with Gasteiger partial charge in [-0.2, -0.15) is 0 Å².